The van der Waals surface area contributed by atoms with Crippen molar-refractivity contribution in [1.29, 1.82) is 0 Å². The van der Waals surface area contributed by atoms with Crippen LogP contribution < -0.4 is 9.64 Å². The number of anilines is 2. The van der Waals surface area contributed by atoms with Crippen LogP contribution in [0.2, 0.25) is 0 Å². The number of halogens is 1. The molecular formula is C15H15BrN2O3. The second-order valence-corrected chi connectivity index (χ2v) is 5.04. The molecule has 6 heteroatoms. The molecule has 0 saturated heterocycles. The maximum Gasteiger partial charge on any atom is 0.293 e. The van der Waals surface area contributed by atoms with E-state index >= 15 is 0 Å². The highest BCUT2D eigenvalue weighted by atomic mass is 79.9. The highest BCUT2D eigenvalue weighted by molar-refractivity contribution is 9.08. The van der Waals surface area contributed by atoms with Crippen molar-refractivity contribution < 1.29 is 9.66 Å². The van der Waals surface area contributed by atoms with Crippen LogP contribution in [0.5, 0.6) is 5.75 Å². The van der Waals surface area contributed by atoms with E-state index in [0.717, 1.165) is 11.3 Å². The number of hydrogen-bond donors (Lipinski definition) is 0. The third-order valence-electron chi connectivity index (χ3n) is 3.19. The topological polar surface area (TPSA) is 55.6 Å². The number of nitro groups is 1. The van der Waals surface area contributed by atoms with E-state index < -0.39 is 0 Å². The predicted octanol–water partition coefficient (Wildman–Crippen LogP) is 4.27. The Morgan fingerprint density at radius 3 is 2.67 bits per heavy atom. The molecule has 0 saturated carbocycles. The summed E-state index contributed by atoms with van der Waals surface area (Å²) >= 11 is 3.31. The van der Waals surface area contributed by atoms with Crippen LogP contribution in [-0.2, 0) is 5.33 Å². The standard InChI is InChI=1S/C15H15BrN2O3/c1-17(12-4-3-5-13(9-12)21-2)14-7-6-11(10-16)8-15(14)18(19)20/h3-9H,10H2,1-2H3. The van der Waals surface area contributed by atoms with Crippen molar-refractivity contribution in [2.75, 3.05) is 19.1 Å². The molecule has 0 aliphatic heterocycles. The molecular weight excluding hydrogens is 336 g/mol. The van der Waals surface area contributed by atoms with Gasteiger partial charge in [0, 0.05) is 30.2 Å². The summed E-state index contributed by atoms with van der Waals surface area (Å²) in [6.07, 6.45) is 0. The minimum Gasteiger partial charge on any atom is -0.497 e. The molecule has 2 aromatic carbocycles. The van der Waals surface area contributed by atoms with Gasteiger partial charge in [0.2, 0.25) is 0 Å². The van der Waals surface area contributed by atoms with Crippen molar-refractivity contribution in [3.63, 3.8) is 0 Å². The van der Waals surface area contributed by atoms with E-state index in [2.05, 4.69) is 15.9 Å². The number of nitrogens with zero attached hydrogens (tertiary/aromatic N) is 2. The van der Waals surface area contributed by atoms with Crippen molar-refractivity contribution in [2.45, 2.75) is 5.33 Å². The Bertz CT molecular complexity index is 661. The molecule has 0 bridgehead atoms. The van der Waals surface area contributed by atoms with E-state index in [-0.39, 0.29) is 10.6 Å². The van der Waals surface area contributed by atoms with Gasteiger partial charge in [-0.2, -0.15) is 0 Å². The number of alkyl halides is 1. The van der Waals surface area contributed by atoms with Gasteiger partial charge in [-0.25, -0.2) is 0 Å². The molecule has 5 nitrogen and oxygen atoms in total. The van der Waals surface area contributed by atoms with Crippen LogP contribution in [0.3, 0.4) is 0 Å². The smallest absolute Gasteiger partial charge is 0.293 e. The summed E-state index contributed by atoms with van der Waals surface area (Å²) in [6.45, 7) is 0. The molecule has 110 valence electrons. The van der Waals surface area contributed by atoms with Crippen LogP contribution in [0.15, 0.2) is 42.5 Å². The summed E-state index contributed by atoms with van der Waals surface area (Å²) in [4.78, 5) is 12.7. The Morgan fingerprint density at radius 1 is 1.29 bits per heavy atom. The first-order valence-corrected chi connectivity index (χ1v) is 7.40. The third-order valence-corrected chi connectivity index (χ3v) is 3.84. The van der Waals surface area contributed by atoms with Gasteiger partial charge in [0.05, 0.1) is 12.0 Å². The minimum atomic E-state index is -0.363. The molecule has 0 aliphatic carbocycles. The highest BCUT2D eigenvalue weighted by Gasteiger charge is 2.19. The second kappa shape index (κ2) is 6.58. The van der Waals surface area contributed by atoms with E-state index in [1.54, 1.807) is 31.2 Å². The molecule has 0 aliphatic rings. The maximum atomic E-state index is 11.3. The van der Waals surface area contributed by atoms with Crippen LogP contribution >= 0.6 is 15.9 Å². The van der Waals surface area contributed by atoms with Gasteiger partial charge in [0.1, 0.15) is 11.4 Å². The lowest BCUT2D eigenvalue weighted by molar-refractivity contribution is -0.384. The zero-order valence-corrected chi connectivity index (χ0v) is 13.3. The largest absolute Gasteiger partial charge is 0.497 e. The Balaban J connectivity index is 2.46. The fourth-order valence-electron chi connectivity index (χ4n) is 2.04. The van der Waals surface area contributed by atoms with E-state index in [1.807, 2.05) is 30.3 Å². The summed E-state index contributed by atoms with van der Waals surface area (Å²) in [5, 5.41) is 11.9. The zero-order valence-electron chi connectivity index (χ0n) is 11.7. The normalized spacial score (nSPS) is 10.2. The molecule has 0 aromatic heterocycles. The SMILES string of the molecule is COc1cccc(N(C)c2ccc(CBr)cc2[N+](=O)[O-])c1. The lowest BCUT2D eigenvalue weighted by Crippen LogP contribution is -2.11. The molecule has 0 unspecified atom stereocenters. The Morgan fingerprint density at radius 2 is 2.05 bits per heavy atom. The van der Waals surface area contributed by atoms with E-state index in [0.29, 0.717) is 16.8 Å². The minimum absolute atomic E-state index is 0.0808. The van der Waals surface area contributed by atoms with Gasteiger partial charge in [-0.1, -0.05) is 28.1 Å². The average molecular weight is 351 g/mol. The fraction of sp³-hybridized carbons (Fsp3) is 0.200. The summed E-state index contributed by atoms with van der Waals surface area (Å²) < 4.78 is 5.19. The summed E-state index contributed by atoms with van der Waals surface area (Å²) in [6, 6.07) is 12.6. The molecule has 0 heterocycles. The zero-order chi connectivity index (χ0) is 15.4. The van der Waals surface area contributed by atoms with Crippen molar-refractivity contribution in [3.05, 3.63) is 58.1 Å². The predicted molar refractivity (Wildman–Crippen MR) is 86.8 cm³/mol. The van der Waals surface area contributed by atoms with Crippen molar-refractivity contribution in [1.82, 2.24) is 0 Å². The molecule has 21 heavy (non-hydrogen) atoms. The molecule has 0 atom stereocenters. The van der Waals surface area contributed by atoms with Gasteiger partial charge in [-0.3, -0.25) is 10.1 Å². The van der Waals surface area contributed by atoms with Gasteiger partial charge in [-0.05, 0) is 23.8 Å². The van der Waals surface area contributed by atoms with E-state index in [9.17, 15) is 10.1 Å². The summed E-state index contributed by atoms with van der Waals surface area (Å²) in [5.74, 6) is 0.707. The van der Waals surface area contributed by atoms with E-state index in [1.165, 1.54) is 0 Å². The number of nitro benzene ring substituents is 1. The van der Waals surface area contributed by atoms with E-state index in [4.69, 9.17) is 4.74 Å². The third kappa shape index (κ3) is 3.33. The van der Waals surface area contributed by atoms with Gasteiger partial charge < -0.3 is 9.64 Å². The number of methoxy groups -OCH3 is 1. The molecule has 0 amide bonds. The lowest BCUT2D eigenvalue weighted by atomic mass is 10.1. The Kier molecular flexibility index (Phi) is 4.80. The van der Waals surface area contributed by atoms with Crippen LogP contribution in [0.1, 0.15) is 5.56 Å². The Hall–Kier alpha value is -2.08. The summed E-state index contributed by atoms with van der Waals surface area (Å²) in [5.41, 5.74) is 2.31. The molecule has 0 spiro atoms. The lowest BCUT2D eigenvalue weighted by Gasteiger charge is -2.20. The number of ether oxygens (including phenoxy) is 1. The number of rotatable bonds is 5. The van der Waals surface area contributed by atoms with Gasteiger partial charge in [0.15, 0.2) is 0 Å². The maximum absolute atomic E-state index is 11.3. The number of hydrogen-bond acceptors (Lipinski definition) is 4. The molecule has 2 aromatic rings. The Labute approximate surface area is 131 Å². The molecule has 0 N–H and O–H groups in total. The van der Waals surface area contributed by atoms with Gasteiger partial charge in [0.25, 0.3) is 5.69 Å². The summed E-state index contributed by atoms with van der Waals surface area (Å²) in [7, 11) is 3.39. The molecule has 2 rings (SSSR count). The quantitative estimate of drug-likeness (QED) is 0.459. The highest BCUT2D eigenvalue weighted by Crippen LogP contribution is 2.34. The first-order chi connectivity index (χ1) is 10.1. The van der Waals surface area contributed by atoms with Crippen molar-refractivity contribution in [2.24, 2.45) is 0 Å². The average Bonchev–Trinajstić information content (AvgIpc) is 2.53. The first-order valence-electron chi connectivity index (χ1n) is 6.28. The van der Waals surface area contributed by atoms with Gasteiger partial charge in [-0.15, -0.1) is 0 Å². The van der Waals surface area contributed by atoms with Crippen LogP contribution in [0.4, 0.5) is 17.1 Å². The van der Waals surface area contributed by atoms with Crippen LogP contribution in [0.25, 0.3) is 0 Å². The van der Waals surface area contributed by atoms with Crippen molar-refractivity contribution >= 4 is 33.0 Å². The second-order valence-electron chi connectivity index (χ2n) is 4.47. The first kappa shape index (κ1) is 15.3. The van der Waals surface area contributed by atoms with Crippen LogP contribution in [-0.4, -0.2) is 19.1 Å². The van der Waals surface area contributed by atoms with Crippen molar-refractivity contribution in [3.8, 4) is 5.75 Å². The monoisotopic (exact) mass is 350 g/mol. The van der Waals surface area contributed by atoms with Crippen LogP contribution in [0, 0.1) is 10.1 Å². The molecule has 0 radical (unpaired) electrons. The van der Waals surface area contributed by atoms with Gasteiger partial charge >= 0.3 is 0 Å². The molecule has 0 fully saturated rings. The number of benzene rings is 2. The fourth-order valence-corrected chi connectivity index (χ4v) is 2.39.